The van der Waals surface area contributed by atoms with E-state index < -0.39 is 0 Å². The van der Waals surface area contributed by atoms with Gasteiger partial charge in [0.2, 0.25) is 0 Å². The molecule has 4 nitrogen and oxygen atoms in total. The van der Waals surface area contributed by atoms with Gasteiger partial charge >= 0.3 is 0 Å². The largest absolute Gasteiger partial charge is 0.495 e. The van der Waals surface area contributed by atoms with Crippen LogP contribution in [0.1, 0.15) is 35.7 Å². The molecule has 0 saturated carbocycles. The monoisotopic (exact) mass is 375 g/mol. The second-order valence-electron chi connectivity index (χ2n) is 5.58. The first kappa shape index (κ1) is 18.4. The highest BCUT2D eigenvalue weighted by Crippen LogP contribution is 2.34. The molecule has 0 aliphatic heterocycles. The lowest BCUT2D eigenvalue weighted by atomic mass is 9.93. The number of halogens is 3. The third kappa shape index (κ3) is 3.77. The standard InChI is InChI=1S/C16H19Cl2N3O.ClH/c1-21-15-5-3-4-14(12(15)9-20-21)19-8-10-6-11(17)7-13(18)16(10)22-2;/h6-7,9,14,19H,3-5,8H2,1-2H3;1H. The van der Waals surface area contributed by atoms with Crippen LogP contribution in [0.3, 0.4) is 0 Å². The number of hydrogen-bond acceptors (Lipinski definition) is 3. The molecule has 23 heavy (non-hydrogen) atoms. The van der Waals surface area contributed by atoms with E-state index >= 15 is 0 Å². The van der Waals surface area contributed by atoms with Gasteiger partial charge in [0.1, 0.15) is 5.75 Å². The second-order valence-corrected chi connectivity index (χ2v) is 6.42. The van der Waals surface area contributed by atoms with Gasteiger partial charge < -0.3 is 10.1 Å². The lowest BCUT2D eigenvalue weighted by molar-refractivity contribution is 0.401. The van der Waals surface area contributed by atoms with Gasteiger partial charge in [0, 0.05) is 41.5 Å². The summed E-state index contributed by atoms with van der Waals surface area (Å²) >= 11 is 12.3. The van der Waals surface area contributed by atoms with Crippen LogP contribution in [0.15, 0.2) is 18.3 Å². The fraction of sp³-hybridized carbons (Fsp3) is 0.438. The van der Waals surface area contributed by atoms with E-state index in [2.05, 4.69) is 10.4 Å². The highest BCUT2D eigenvalue weighted by atomic mass is 35.5. The van der Waals surface area contributed by atoms with Gasteiger partial charge in [0.25, 0.3) is 0 Å². The topological polar surface area (TPSA) is 39.1 Å². The molecule has 1 aliphatic rings. The number of benzene rings is 1. The maximum atomic E-state index is 6.19. The van der Waals surface area contributed by atoms with Crippen LogP contribution in [0.2, 0.25) is 10.0 Å². The van der Waals surface area contributed by atoms with Crippen LogP contribution >= 0.6 is 35.6 Å². The Morgan fingerprint density at radius 3 is 2.91 bits per heavy atom. The Hall–Kier alpha value is -0.940. The molecule has 126 valence electrons. The van der Waals surface area contributed by atoms with Crippen LogP contribution in [-0.2, 0) is 20.0 Å². The van der Waals surface area contributed by atoms with Crippen molar-refractivity contribution in [1.82, 2.24) is 15.1 Å². The Morgan fingerprint density at radius 1 is 1.39 bits per heavy atom. The van der Waals surface area contributed by atoms with Crippen molar-refractivity contribution < 1.29 is 4.74 Å². The van der Waals surface area contributed by atoms with Crippen LogP contribution in [0.4, 0.5) is 0 Å². The number of nitrogens with zero attached hydrogens (tertiary/aromatic N) is 2. The van der Waals surface area contributed by atoms with Gasteiger partial charge in [0.15, 0.2) is 0 Å². The highest BCUT2D eigenvalue weighted by molar-refractivity contribution is 6.35. The molecular weight excluding hydrogens is 357 g/mol. The lowest BCUT2D eigenvalue weighted by Crippen LogP contribution is -2.25. The SMILES string of the molecule is COc1c(Cl)cc(Cl)cc1CNC1CCCc2c1cnn2C.Cl. The molecule has 0 spiro atoms. The maximum absolute atomic E-state index is 6.19. The summed E-state index contributed by atoms with van der Waals surface area (Å²) in [5, 5.41) is 9.12. The third-order valence-electron chi connectivity index (χ3n) is 4.20. The molecule has 0 amide bonds. The molecule has 1 aromatic carbocycles. The predicted octanol–water partition coefficient (Wildman–Crippen LogP) is 4.32. The molecule has 0 saturated heterocycles. The normalized spacial score (nSPS) is 16.6. The zero-order chi connectivity index (χ0) is 15.7. The molecule has 1 aromatic heterocycles. The number of methoxy groups -OCH3 is 1. The summed E-state index contributed by atoms with van der Waals surface area (Å²) in [6.07, 6.45) is 5.33. The van der Waals surface area contributed by atoms with Crippen LogP contribution in [-0.4, -0.2) is 16.9 Å². The van der Waals surface area contributed by atoms with Crippen LogP contribution < -0.4 is 10.1 Å². The minimum Gasteiger partial charge on any atom is -0.495 e. The summed E-state index contributed by atoms with van der Waals surface area (Å²) in [5.41, 5.74) is 3.58. The van der Waals surface area contributed by atoms with Gasteiger partial charge in [-0.2, -0.15) is 5.10 Å². The van der Waals surface area contributed by atoms with Gasteiger partial charge in [-0.15, -0.1) is 12.4 Å². The van der Waals surface area contributed by atoms with Gasteiger partial charge in [-0.25, -0.2) is 0 Å². The molecule has 1 atom stereocenters. The summed E-state index contributed by atoms with van der Waals surface area (Å²) in [5.74, 6) is 0.681. The van der Waals surface area contributed by atoms with Crippen molar-refractivity contribution in [3.05, 3.63) is 45.2 Å². The second kappa shape index (κ2) is 7.75. The Balaban J connectivity index is 0.00000192. The van der Waals surface area contributed by atoms with Crippen molar-refractivity contribution in [2.75, 3.05) is 7.11 Å². The first-order chi connectivity index (χ1) is 10.6. The van der Waals surface area contributed by atoms with E-state index in [-0.39, 0.29) is 12.4 Å². The van der Waals surface area contributed by atoms with Gasteiger partial charge in [0.05, 0.1) is 18.3 Å². The molecule has 1 unspecified atom stereocenters. The van der Waals surface area contributed by atoms with Crippen LogP contribution in [0.5, 0.6) is 5.75 Å². The lowest BCUT2D eigenvalue weighted by Gasteiger charge is -2.24. The smallest absolute Gasteiger partial charge is 0.142 e. The minimum atomic E-state index is 0. The van der Waals surface area contributed by atoms with E-state index in [4.69, 9.17) is 27.9 Å². The van der Waals surface area contributed by atoms with E-state index in [0.717, 1.165) is 24.8 Å². The van der Waals surface area contributed by atoms with Crippen molar-refractivity contribution in [2.45, 2.75) is 31.8 Å². The molecule has 3 rings (SSSR count). The Kier molecular flexibility index (Phi) is 6.20. The molecule has 1 aliphatic carbocycles. The molecule has 1 heterocycles. The zero-order valence-electron chi connectivity index (χ0n) is 13.1. The van der Waals surface area contributed by atoms with E-state index in [0.29, 0.717) is 28.4 Å². The van der Waals surface area contributed by atoms with Crippen LogP contribution in [0.25, 0.3) is 0 Å². The number of hydrogen-bond donors (Lipinski definition) is 1. The van der Waals surface area contributed by atoms with E-state index in [1.165, 1.54) is 11.3 Å². The fourth-order valence-corrected chi connectivity index (χ4v) is 3.74. The number of nitrogens with one attached hydrogen (secondary N) is 1. The fourth-order valence-electron chi connectivity index (χ4n) is 3.12. The van der Waals surface area contributed by atoms with Gasteiger partial charge in [-0.3, -0.25) is 4.68 Å². The molecule has 7 heteroatoms. The quantitative estimate of drug-likeness (QED) is 0.863. The number of aryl methyl sites for hydroxylation is 1. The Morgan fingerprint density at radius 2 is 2.17 bits per heavy atom. The van der Waals surface area contributed by atoms with Crippen molar-refractivity contribution in [3.63, 3.8) is 0 Å². The van der Waals surface area contributed by atoms with E-state index in [9.17, 15) is 0 Å². The summed E-state index contributed by atoms with van der Waals surface area (Å²) in [6.45, 7) is 0.655. The Labute approximate surface area is 152 Å². The third-order valence-corrected chi connectivity index (χ3v) is 4.70. The summed E-state index contributed by atoms with van der Waals surface area (Å²) in [6, 6.07) is 3.90. The zero-order valence-corrected chi connectivity index (χ0v) is 15.4. The summed E-state index contributed by atoms with van der Waals surface area (Å²) in [4.78, 5) is 0. The average Bonchev–Trinajstić information content (AvgIpc) is 2.87. The van der Waals surface area contributed by atoms with Crippen molar-refractivity contribution >= 4 is 35.6 Å². The van der Waals surface area contributed by atoms with Gasteiger partial charge in [-0.05, 0) is 31.4 Å². The molecule has 0 radical (unpaired) electrons. The first-order valence-electron chi connectivity index (χ1n) is 7.36. The first-order valence-corrected chi connectivity index (χ1v) is 8.11. The van der Waals surface area contributed by atoms with Crippen molar-refractivity contribution in [1.29, 1.82) is 0 Å². The minimum absolute atomic E-state index is 0. The number of fused-ring (bicyclic) bond motifs is 1. The highest BCUT2D eigenvalue weighted by Gasteiger charge is 2.23. The predicted molar refractivity (Wildman–Crippen MR) is 96.0 cm³/mol. The maximum Gasteiger partial charge on any atom is 0.142 e. The van der Waals surface area contributed by atoms with E-state index in [1.54, 1.807) is 13.2 Å². The molecule has 0 fully saturated rings. The van der Waals surface area contributed by atoms with E-state index in [1.807, 2.05) is 24.0 Å². The summed E-state index contributed by atoms with van der Waals surface area (Å²) < 4.78 is 7.37. The molecule has 2 aromatic rings. The summed E-state index contributed by atoms with van der Waals surface area (Å²) in [7, 11) is 3.62. The number of rotatable bonds is 4. The van der Waals surface area contributed by atoms with Crippen LogP contribution in [0, 0.1) is 0 Å². The molecule has 0 bridgehead atoms. The number of ether oxygens (including phenoxy) is 1. The molecular formula is C16H20Cl3N3O. The number of aromatic nitrogens is 2. The van der Waals surface area contributed by atoms with Crippen molar-refractivity contribution in [3.8, 4) is 5.75 Å². The van der Waals surface area contributed by atoms with Crippen molar-refractivity contribution in [2.24, 2.45) is 7.05 Å². The van der Waals surface area contributed by atoms with Gasteiger partial charge in [-0.1, -0.05) is 23.2 Å². The molecule has 1 N–H and O–H groups in total. The Bertz CT molecular complexity index is 687. The average molecular weight is 377 g/mol.